The smallest absolute Gasteiger partial charge is 0.175 e. The van der Waals surface area contributed by atoms with Crippen molar-refractivity contribution in [1.82, 2.24) is 5.32 Å². The Morgan fingerprint density at radius 2 is 1.67 bits per heavy atom. The highest BCUT2D eigenvalue weighted by Crippen LogP contribution is 2.42. The summed E-state index contributed by atoms with van der Waals surface area (Å²) in [6.07, 6.45) is 0.972. The molecule has 0 amide bonds. The number of nitrogens with one attached hydrogen (secondary N) is 1. The Morgan fingerprint density at radius 3 is 2.21 bits per heavy atom. The maximum atomic E-state index is 14.2. The highest BCUT2D eigenvalue weighted by Gasteiger charge is 2.38. The third-order valence-electron chi connectivity index (χ3n) is 4.78. The van der Waals surface area contributed by atoms with Gasteiger partial charge in [0.15, 0.2) is 9.84 Å². The molecule has 0 bridgehead atoms. The molecule has 3 rings (SSSR count). The van der Waals surface area contributed by atoms with E-state index in [4.69, 9.17) is 0 Å². The van der Waals surface area contributed by atoms with E-state index in [1.54, 1.807) is 31.2 Å². The standard InChI is InChI=1S/C19H22FNO2S/c1-13(20)17-12-18(14-6-4-3-5-7-14)21-19(17)15-8-10-16(11-9-15)24(2,22)23/h3-11,13,17-19,21H,12H2,1-2H3/t13?,17-,18?,19+/m1/s1. The van der Waals surface area contributed by atoms with Gasteiger partial charge in [-0.3, -0.25) is 0 Å². The lowest BCUT2D eigenvalue weighted by atomic mass is 9.89. The predicted molar refractivity (Wildman–Crippen MR) is 93.3 cm³/mol. The minimum atomic E-state index is -3.22. The van der Waals surface area contributed by atoms with Crippen LogP contribution < -0.4 is 5.32 Å². The van der Waals surface area contributed by atoms with Gasteiger partial charge in [0.25, 0.3) is 0 Å². The molecular formula is C19H22FNO2S. The van der Waals surface area contributed by atoms with Gasteiger partial charge in [-0.25, -0.2) is 12.8 Å². The second-order valence-corrected chi connectivity index (χ2v) is 8.54. The number of benzene rings is 2. The molecule has 128 valence electrons. The highest BCUT2D eigenvalue weighted by atomic mass is 32.2. The minimum Gasteiger partial charge on any atom is -0.303 e. The zero-order chi connectivity index (χ0) is 17.3. The van der Waals surface area contributed by atoms with E-state index in [-0.39, 0.29) is 22.9 Å². The molecular weight excluding hydrogens is 325 g/mol. The number of hydrogen-bond donors (Lipinski definition) is 1. The van der Waals surface area contributed by atoms with Gasteiger partial charge in [-0.1, -0.05) is 42.5 Å². The first-order valence-corrected chi connectivity index (χ1v) is 10.0. The number of rotatable bonds is 4. The van der Waals surface area contributed by atoms with E-state index in [0.29, 0.717) is 0 Å². The Morgan fingerprint density at radius 1 is 1.04 bits per heavy atom. The molecule has 5 heteroatoms. The largest absolute Gasteiger partial charge is 0.303 e. The summed E-state index contributed by atoms with van der Waals surface area (Å²) in [5.74, 6) is -0.140. The van der Waals surface area contributed by atoms with Crippen molar-refractivity contribution < 1.29 is 12.8 Å². The molecule has 0 spiro atoms. The molecule has 2 aromatic rings. The summed E-state index contributed by atoms with van der Waals surface area (Å²) in [7, 11) is -3.22. The topological polar surface area (TPSA) is 46.2 Å². The van der Waals surface area contributed by atoms with E-state index < -0.39 is 16.0 Å². The monoisotopic (exact) mass is 347 g/mol. The van der Waals surface area contributed by atoms with Crippen LogP contribution in [-0.4, -0.2) is 20.8 Å². The Bertz CT molecular complexity index is 788. The fourth-order valence-corrected chi connectivity index (χ4v) is 4.08. The fraction of sp³-hybridized carbons (Fsp3) is 0.368. The van der Waals surface area contributed by atoms with Crippen LogP contribution in [0.5, 0.6) is 0 Å². The van der Waals surface area contributed by atoms with Crippen molar-refractivity contribution in [1.29, 1.82) is 0 Å². The zero-order valence-electron chi connectivity index (χ0n) is 13.8. The van der Waals surface area contributed by atoms with Gasteiger partial charge in [-0.15, -0.1) is 0 Å². The van der Waals surface area contributed by atoms with Crippen molar-refractivity contribution in [2.24, 2.45) is 5.92 Å². The molecule has 1 saturated heterocycles. The second kappa shape index (κ2) is 6.65. The number of hydrogen-bond acceptors (Lipinski definition) is 3. The molecule has 0 saturated carbocycles. The summed E-state index contributed by atoms with van der Waals surface area (Å²) >= 11 is 0. The molecule has 0 radical (unpaired) electrons. The van der Waals surface area contributed by atoms with E-state index >= 15 is 0 Å². The van der Waals surface area contributed by atoms with Crippen LogP contribution in [0.1, 0.15) is 36.6 Å². The molecule has 4 atom stereocenters. The average molecular weight is 347 g/mol. The summed E-state index contributed by atoms with van der Waals surface area (Å²) in [5, 5.41) is 3.52. The van der Waals surface area contributed by atoms with Crippen molar-refractivity contribution in [3.05, 3.63) is 65.7 Å². The third kappa shape index (κ3) is 3.52. The van der Waals surface area contributed by atoms with Crippen LogP contribution in [0.15, 0.2) is 59.5 Å². The number of sulfone groups is 1. The van der Waals surface area contributed by atoms with Crippen LogP contribution in [0.3, 0.4) is 0 Å². The van der Waals surface area contributed by atoms with Crippen molar-refractivity contribution >= 4 is 9.84 Å². The minimum absolute atomic E-state index is 0.106. The van der Waals surface area contributed by atoms with Crippen LogP contribution in [0.25, 0.3) is 0 Å². The lowest BCUT2D eigenvalue weighted by Gasteiger charge is -2.21. The first-order chi connectivity index (χ1) is 11.4. The molecule has 1 fully saturated rings. The van der Waals surface area contributed by atoms with Crippen LogP contribution in [-0.2, 0) is 9.84 Å². The molecule has 2 aromatic carbocycles. The van der Waals surface area contributed by atoms with Gasteiger partial charge >= 0.3 is 0 Å². The third-order valence-corrected chi connectivity index (χ3v) is 5.90. The molecule has 24 heavy (non-hydrogen) atoms. The van der Waals surface area contributed by atoms with Crippen molar-refractivity contribution in [2.45, 2.75) is 36.5 Å². The van der Waals surface area contributed by atoms with Crippen LogP contribution >= 0.6 is 0 Å². The molecule has 1 aliphatic rings. The van der Waals surface area contributed by atoms with Crippen molar-refractivity contribution in [3.8, 4) is 0 Å². The number of halogens is 1. The maximum Gasteiger partial charge on any atom is 0.175 e. The van der Waals surface area contributed by atoms with Crippen molar-refractivity contribution in [3.63, 3.8) is 0 Å². The summed E-state index contributed by atoms with van der Waals surface area (Å²) in [5.41, 5.74) is 2.08. The van der Waals surface area contributed by atoms with Gasteiger partial charge in [0, 0.05) is 24.3 Å². The van der Waals surface area contributed by atoms with Gasteiger partial charge in [0.05, 0.1) is 4.90 Å². The molecule has 0 aromatic heterocycles. The molecule has 1 N–H and O–H groups in total. The first kappa shape index (κ1) is 17.1. The van der Waals surface area contributed by atoms with Gasteiger partial charge in [0.2, 0.25) is 0 Å². The second-order valence-electron chi connectivity index (χ2n) is 6.53. The molecule has 3 nitrogen and oxygen atoms in total. The van der Waals surface area contributed by atoms with E-state index in [1.807, 2.05) is 30.3 Å². The number of alkyl halides is 1. The SMILES string of the molecule is CC(F)[C@H]1CC(c2ccccc2)N[C@H]1c1ccc(S(C)(=O)=O)cc1. The zero-order valence-corrected chi connectivity index (χ0v) is 14.6. The summed E-state index contributed by atoms with van der Waals surface area (Å²) in [6.45, 7) is 1.59. The quantitative estimate of drug-likeness (QED) is 0.914. The van der Waals surface area contributed by atoms with Crippen LogP contribution in [0.4, 0.5) is 4.39 Å². The Hall–Kier alpha value is -1.72. The van der Waals surface area contributed by atoms with E-state index in [1.165, 1.54) is 6.26 Å². The van der Waals surface area contributed by atoms with E-state index in [2.05, 4.69) is 5.32 Å². The van der Waals surface area contributed by atoms with Crippen LogP contribution in [0.2, 0.25) is 0 Å². The Kier molecular flexibility index (Phi) is 4.74. The first-order valence-electron chi connectivity index (χ1n) is 8.11. The van der Waals surface area contributed by atoms with Crippen LogP contribution in [0, 0.1) is 5.92 Å². The molecule has 2 unspecified atom stereocenters. The highest BCUT2D eigenvalue weighted by molar-refractivity contribution is 7.90. The predicted octanol–water partition coefficient (Wildman–Crippen LogP) is 3.84. The fourth-order valence-electron chi connectivity index (χ4n) is 3.45. The molecule has 1 heterocycles. The molecule has 1 aliphatic heterocycles. The van der Waals surface area contributed by atoms with Gasteiger partial charge in [-0.05, 0) is 36.6 Å². The summed E-state index contributed by atoms with van der Waals surface area (Å²) in [6, 6.07) is 16.8. The molecule has 0 aliphatic carbocycles. The Balaban J connectivity index is 1.88. The lowest BCUT2D eigenvalue weighted by molar-refractivity contribution is 0.230. The average Bonchev–Trinajstić information content (AvgIpc) is 3.00. The maximum absolute atomic E-state index is 14.2. The van der Waals surface area contributed by atoms with Crippen molar-refractivity contribution in [2.75, 3.05) is 6.26 Å². The summed E-state index contributed by atoms with van der Waals surface area (Å²) in [4.78, 5) is 0.286. The Labute approximate surface area is 142 Å². The van der Waals surface area contributed by atoms with E-state index in [0.717, 1.165) is 17.5 Å². The normalized spacial score (nSPS) is 25.5. The summed E-state index contributed by atoms with van der Waals surface area (Å²) < 4.78 is 37.4. The van der Waals surface area contributed by atoms with Gasteiger partial charge in [-0.2, -0.15) is 0 Å². The lowest BCUT2D eigenvalue weighted by Crippen LogP contribution is -2.23. The van der Waals surface area contributed by atoms with Gasteiger partial charge < -0.3 is 5.32 Å². The van der Waals surface area contributed by atoms with E-state index in [9.17, 15) is 12.8 Å². The van der Waals surface area contributed by atoms with Gasteiger partial charge in [0.1, 0.15) is 6.17 Å².